The lowest BCUT2D eigenvalue weighted by atomic mass is 10.1. The summed E-state index contributed by atoms with van der Waals surface area (Å²) in [6, 6.07) is 5.84. The van der Waals surface area contributed by atoms with Crippen LogP contribution in [0.4, 0.5) is 0 Å². The Morgan fingerprint density at radius 1 is 1.45 bits per heavy atom. The van der Waals surface area contributed by atoms with Crippen LogP contribution >= 0.6 is 0 Å². The molecule has 1 atom stereocenters. The molecule has 5 heteroatoms. The Morgan fingerprint density at radius 3 is 2.95 bits per heavy atom. The number of carboxylic acid groups (broad SMARTS) is 1. The number of para-hydroxylation sites is 1. The van der Waals surface area contributed by atoms with Gasteiger partial charge in [-0.3, -0.25) is 4.79 Å². The van der Waals surface area contributed by atoms with Gasteiger partial charge in [0.2, 0.25) is 0 Å². The maximum atomic E-state index is 10.6. The first-order chi connectivity index (χ1) is 10.6. The van der Waals surface area contributed by atoms with Crippen LogP contribution in [0.2, 0.25) is 0 Å². The third kappa shape index (κ3) is 4.63. The van der Waals surface area contributed by atoms with Crippen molar-refractivity contribution in [2.24, 2.45) is 0 Å². The molecule has 1 aliphatic rings. The van der Waals surface area contributed by atoms with Crippen molar-refractivity contribution in [1.82, 2.24) is 4.90 Å². The number of likely N-dealkylation sites (tertiary alicyclic amines) is 1. The number of likely N-dealkylation sites (N-methyl/N-ethyl adjacent to an activating group) is 1. The number of aliphatic carboxylic acids is 1. The number of hydrogen-bond donors (Lipinski definition) is 1. The number of piperidine rings is 1. The average molecular weight is 307 g/mol. The number of ether oxygens (including phenoxy) is 2. The molecule has 0 radical (unpaired) electrons. The largest absolute Gasteiger partial charge is 0.493 e. The molecule has 1 fully saturated rings. The molecule has 2 rings (SSSR count). The van der Waals surface area contributed by atoms with E-state index in [-0.39, 0.29) is 12.5 Å². The molecule has 0 aromatic heterocycles. The number of nitrogens with zero attached hydrogens (tertiary/aromatic N) is 1. The lowest BCUT2D eigenvalue weighted by molar-refractivity contribution is -0.137. The lowest BCUT2D eigenvalue weighted by Crippen LogP contribution is -2.38. The van der Waals surface area contributed by atoms with Crippen LogP contribution in [0, 0.1) is 0 Å². The molecule has 0 saturated carbocycles. The summed E-state index contributed by atoms with van der Waals surface area (Å²) in [5.74, 6) is 0.730. The Kier molecular flexibility index (Phi) is 6.07. The van der Waals surface area contributed by atoms with Crippen molar-refractivity contribution < 1.29 is 19.4 Å². The molecule has 1 aliphatic heterocycles. The number of rotatable bonds is 7. The van der Waals surface area contributed by atoms with Crippen molar-refractivity contribution in [2.75, 3.05) is 27.2 Å². The fourth-order valence-electron chi connectivity index (χ4n) is 2.91. The first-order valence-corrected chi connectivity index (χ1v) is 7.83. The smallest absolute Gasteiger partial charge is 0.303 e. The van der Waals surface area contributed by atoms with Crippen molar-refractivity contribution in [3.05, 3.63) is 23.8 Å². The van der Waals surface area contributed by atoms with Crippen LogP contribution in [0.3, 0.4) is 0 Å². The molecule has 0 spiro atoms. The zero-order valence-corrected chi connectivity index (χ0v) is 13.4. The molecule has 5 nitrogen and oxygen atoms in total. The summed E-state index contributed by atoms with van der Waals surface area (Å²) >= 11 is 0. The molecule has 1 heterocycles. The predicted molar refractivity (Wildman–Crippen MR) is 84.7 cm³/mol. The zero-order valence-electron chi connectivity index (χ0n) is 13.4. The summed E-state index contributed by atoms with van der Waals surface area (Å²) in [6.45, 7) is 2.04. The van der Waals surface area contributed by atoms with E-state index in [1.54, 1.807) is 7.11 Å². The van der Waals surface area contributed by atoms with Gasteiger partial charge in [0.15, 0.2) is 11.5 Å². The number of methoxy groups -OCH3 is 1. The van der Waals surface area contributed by atoms with Gasteiger partial charge >= 0.3 is 5.97 Å². The number of benzene rings is 1. The highest BCUT2D eigenvalue weighted by Crippen LogP contribution is 2.33. The van der Waals surface area contributed by atoms with E-state index in [0.717, 1.165) is 43.0 Å². The summed E-state index contributed by atoms with van der Waals surface area (Å²) in [7, 11) is 3.74. The Bertz CT molecular complexity index is 503. The van der Waals surface area contributed by atoms with E-state index in [4.69, 9.17) is 14.6 Å². The maximum Gasteiger partial charge on any atom is 0.303 e. The fourth-order valence-corrected chi connectivity index (χ4v) is 2.91. The molecule has 1 unspecified atom stereocenters. The fraction of sp³-hybridized carbons (Fsp3) is 0.588. The van der Waals surface area contributed by atoms with E-state index < -0.39 is 5.97 Å². The van der Waals surface area contributed by atoms with Crippen LogP contribution in [0.1, 0.15) is 31.2 Å². The first kappa shape index (κ1) is 16.6. The van der Waals surface area contributed by atoms with Gasteiger partial charge in [0.1, 0.15) is 6.10 Å². The molecule has 1 aromatic carbocycles. The van der Waals surface area contributed by atoms with Crippen molar-refractivity contribution in [3.63, 3.8) is 0 Å². The van der Waals surface area contributed by atoms with Gasteiger partial charge in [0.25, 0.3) is 0 Å². The predicted octanol–water partition coefficient (Wildman–Crippen LogP) is 2.58. The van der Waals surface area contributed by atoms with Crippen LogP contribution in [-0.2, 0) is 11.2 Å². The summed E-state index contributed by atoms with van der Waals surface area (Å²) in [4.78, 5) is 12.9. The second kappa shape index (κ2) is 8.03. The van der Waals surface area contributed by atoms with E-state index in [0.29, 0.717) is 12.8 Å². The van der Waals surface area contributed by atoms with Gasteiger partial charge in [-0.25, -0.2) is 0 Å². The van der Waals surface area contributed by atoms with Crippen LogP contribution in [-0.4, -0.2) is 49.3 Å². The second-order valence-electron chi connectivity index (χ2n) is 5.84. The Hall–Kier alpha value is -1.75. The highest BCUT2D eigenvalue weighted by atomic mass is 16.5. The summed E-state index contributed by atoms with van der Waals surface area (Å²) in [5.41, 5.74) is 1.01. The highest BCUT2D eigenvalue weighted by Gasteiger charge is 2.20. The molecule has 22 heavy (non-hydrogen) atoms. The lowest BCUT2D eigenvalue weighted by Gasteiger charge is -2.30. The molecular weight excluding hydrogens is 282 g/mol. The van der Waals surface area contributed by atoms with Crippen molar-refractivity contribution in [1.29, 1.82) is 0 Å². The maximum absolute atomic E-state index is 10.6. The van der Waals surface area contributed by atoms with E-state index >= 15 is 0 Å². The molecule has 122 valence electrons. The number of carboxylic acids is 1. The number of carbonyl (C=O) groups is 1. The van der Waals surface area contributed by atoms with Crippen molar-refractivity contribution in [3.8, 4) is 11.5 Å². The van der Waals surface area contributed by atoms with Gasteiger partial charge in [-0.05, 0) is 50.9 Å². The average Bonchev–Trinajstić information content (AvgIpc) is 2.47. The highest BCUT2D eigenvalue weighted by molar-refractivity contribution is 5.66. The Morgan fingerprint density at radius 2 is 2.27 bits per heavy atom. The first-order valence-electron chi connectivity index (χ1n) is 7.83. The van der Waals surface area contributed by atoms with Gasteiger partial charge in [-0.15, -0.1) is 0 Å². The topological polar surface area (TPSA) is 59.0 Å². The summed E-state index contributed by atoms with van der Waals surface area (Å²) < 4.78 is 11.6. The van der Waals surface area contributed by atoms with Gasteiger partial charge in [0, 0.05) is 13.0 Å². The van der Waals surface area contributed by atoms with E-state index in [9.17, 15) is 4.79 Å². The molecule has 0 aliphatic carbocycles. The van der Waals surface area contributed by atoms with Crippen LogP contribution < -0.4 is 9.47 Å². The van der Waals surface area contributed by atoms with Crippen molar-refractivity contribution in [2.45, 2.75) is 38.2 Å². The normalized spacial score (nSPS) is 18.9. The van der Waals surface area contributed by atoms with Crippen LogP contribution in [0.5, 0.6) is 11.5 Å². The number of hydrogen-bond acceptors (Lipinski definition) is 4. The summed E-state index contributed by atoms with van der Waals surface area (Å²) in [5, 5.41) is 8.75. The van der Waals surface area contributed by atoms with Crippen LogP contribution in [0.25, 0.3) is 0 Å². The minimum Gasteiger partial charge on any atom is -0.493 e. The zero-order chi connectivity index (χ0) is 15.9. The van der Waals surface area contributed by atoms with Crippen molar-refractivity contribution >= 4 is 5.97 Å². The standard InChI is InChI=1S/C17H25NO4/c1-18-11-5-8-14(12-18)22-15-9-3-6-13(17(15)21-2)7-4-10-16(19)20/h3,6,9,14H,4-5,7-8,10-12H2,1-2H3,(H,19,20). The molecule has 1 N–H and O–H groups in total. The van der Waals surface area contributed by atoms with Crippen LogP contribution in [0.15, 0.2) is 18.2 Å². The third-order valence-corrected chi connectivity index (χ3v) is 3.98. The monoisotopic (exact) mass is 307 g/mol. The van der Waals surface area contributed by atoms with E-state index in [2.05, 4.69) is 11.9 Å². The third-order valence-electron chi connectivity index (χ3n) is 3.98. The molecule has 0 bridgehead atoms. The second-order valence-corrected chi connectivity index (χ2v) is 5.84. The Balaban J connectivity index is 2.05. The quantitative estimate of drug-likeness (QED) is 0.839. The SMILES string of the molecule is COc1c(CCCC(=O)O)cccc1OC1CCCN(C)C1. The minimum atomic E-state index is -0.767. The van der Waals surface area contributed by atoms with Gasteiger partial charge in [-0.1, -0.05) is 12.1 Å². The summed E-state index contributed by atoms with van der Waals surface area (Å²) in [6.07, 6.45) is 3.82. The molecular formula is C17H25NO4. The van der Waals surface area contributed by atoms with Gasteiger partial charge in [-0.2, -0.15) is 0 Å². The van der Waals surface area contributed by atoms with E-state index in [1.165, 1.54) is 0 Å². The molecule has 1 saturated heterocycles. The minimum absolute atomic E-state index is 0.168. The van der Waals surface area contributed by atoms with Gasteiger partial charge < -0.3 is 19.5 Å². The molecule has 0 amide bonds. The van der Waals surface area contributed by atoms with E-state index in [1.807, 2.05) is 18.2 Å². The van der Waals surface area contributed by atoms with Gasteiger partial charge in [0.05, 0.1) is 7.11 Å². The molecule has 1 aromatic rings. The Labute approximate surface area is 131 Å². The number of aryl methyl sites for hydroxylation is 1.